The molecule has 27 heavy (non-hydrogen) atoms. The summed E-state index contributed by atoms with van der Waals surface area (Å²) < 4.78 is 16.1. The van der Waals surface area contributed by atoms with Crippen molar-refractivity contribution in [3.63, 3.8) is 0 Å². The maximum atomic E-state index is 13.2. The molecule has 1 N–H and O–H groups in total. The van der Waals surface area contributed by atoms with Crippen LogP contribution >= 0.6 is 0 Å². The van der Waals surface area contributed by atoms with Gasteiger partial charge in [0, 0.05) is 6.20 Å². The number of amides is 1. The zero-order valence-corrected chi connectivity index (χ0v) is 14.7. The molecule has 10 heteroatoms. The van der Waals surface area contributed by atoms with Crippen molar-refractivity contribution in [2.45, 2.75) is 26.4 Å². The molecule has 0 bridgehead atoms. The Bertz CT molecular complexity index is 996. The Morgan fingerprint density at radius 2 is 2.19 bits per heavy atom. The second-order valence-electron chi connectivity index (χ2n) is 6.07. The quantitative estimate of drug-likeness (QED) is 0.529. The first-order valence-corrected chi connectivity index (χ1v) is 8.12. The average molecular weight is 372 g/mol. The molecule has 0 saturated carbocycles. The number of nitrogens with one attached hydrogen (secondary N) is 1. The molecule has 2 heterocycles. The first-order valence-electron chi connectivity index (χ1n) is 8.12. The molecule has 0 aliphatic rings. The highest BCUT2D eigenvalue weighted by Crippen LogP contribution is 2.18. The SMILES string of the molecule is Cc1cc([N+](=O)[O-])nn1C(C)C(=O)Nc1cnn(Cc2cccc(F)c2)c1. The number of anilines is 1. The number of halogens is 1. The van der Waals surface area contributed by atoms with Crippen molar-refractivity contribution in [2.75, 3.05) is 5.32 Å². The molecule has 0 spiro atoms. The van der Waals surface area contributed by atoms with E-state index in [1.165, 1.54) is 29.1 Å². The summed E-state index contributed by atoms with van der Waals surface area (Å²) in [6, 6.07) is 6.73. The Balaban J connectivity index is 1.67. The molecule has 0 aliphatic heterocycles. The average Bonchev–Trinajstić information content (AvgIpc) is 3.20. The van der Waals surface area contributed by atoms with Crippen LogP contribution < -0.4 is 5.32 Å². The first kappa shape index (κ1) is 18.2. The van der Waals surface area contributed by atoms with Crippen molar-refractivity contribution in [3.05, 3.63) is 69.9 Å². The van der Waals surface area contributed by atoms with Gasteiger partial charge >= 0.3 is 5.82 Å². The Hall–Kier alpha value is -3.56. The van der Waals surface area contributed by atoms with E-state index >= 15 is 0 Å². The Morgan fingerprint density at radius 1 is 1.41 bits per heavy atom. The molecule has 1 unspecified atom stereocenters. The van der Waals surface area contributed by atoms with E-state index in [4.69, 9.17) is 0 Å². The minimum absolute atomic E-state index is 0.310. The van der Waals surface area contributed by atoms with Gasteiger partial charge in [0.2, 0.25) is 0 Å². The summed E-state index contributed by atoms with van der Waals surface area (Å²) in [6.45, 7) is 3.59. The summed E-state index contributed by atoms with van der Waals surface area (Å²) in [5.41, 5.74) is 1.71. The van der Waals surface area contributed by atoms with Gasteiger partial charge < -0.3 is 15.4 Å². The molecule has 2 aromatic heterocycles. The molecule has 1 amide bonds. The summed E-state index contributed by atoms with van der Waals surface area (Å²) in [6.07, 6.45) is 3.09. The van der Waals surface area contributed by atoms with Crippen LogP contribution in [0.1, 0.15) is 24.2 Å². The van der Waals surface area contributed by atoms with Crippen molar-refractivity contribution in [2.24, 2.45) is 0 Å². The van der Waals surface area contributed by atoms with Crippen LogP contribution in [-0.2, 0) is 11.3 Å². The molecule has 1 aromatic carbocycles. The smallest absolute Gasteiger partial charge is 0.358 e. The van der Waals surface area contributed by atoms with Crippen molar-refractivity contribution >= 4 is 17.4 Å². The van der Waals surface area contributed by atoms with Gasteiger partial charge in [0.25, 0.3) is 5.91 Å². The number of carbonyl (C=O) groups excluding carboxylic acids is 1. The van der Waals surface area contributed by atoms with E-state index in [0.717, 1.165) is 5.56 Å². The summed E-state index contributed by atoms with van der Waals surface area (Å²) in [7, 11) is 0. The predicted molar refractivity (Wildman–Crippen MR) is 94.7 cm³/mol. The van der Waals surface area contributed by atoms with Gasteiger partial charge in [-0.1, -0.05) is 12.1 Å². The van der Waals surface area contributed by atoms with Crippen LogP contribution in [0.15, 0.2) is 42.7 Å². The molecule has 3 aromatic rings. The summed E-state index contributed by atoms with van der Waals surface area (Å²) in [4.78, 5) is 22.6. The van der Waals surface area contributed by atoms with Crippen molar-refractivity contribution in [1.82, 2.24) is 19.6 Å². The molecule has 140 valence electrons. The zero-order valence-electron chi connectivity index (χ0n) is 14.7. The Kier molecular flexibility index (Phi) is 4.97. The fourth-order valence-corrected chi connectivity index (χ4v) is 2.65. The molecule has 0 saturated heterocycles. The highest BCUT2D eigenvalue weighted by Gasteiger charge is 2.24. The summed E-state index contributed by atoms with van der Waals surface area (Å²) in [5, 5.41) is 21.5. The second-order valence-corrected chi connectivity index (χ2v) is 6.07. The number of nitro groups is 1. The van der Waals surface area contributed by atoms with Gasteiger partial charge in [0.15, 0.2) is 0 Å². The monoisotopic (exact) mass is 372 g/mol. The van der Waals surface area contributed by atoms with Crippen molar-refractivity contribution < 1.29 is 14.1 Å². The molecule has 0 aliphatic carbocycles. The molecule has 1 atom stereocenters. The van der Waals surface area contributed by atoms with Crippen molar-refractivity contribution in [1.29, 1.82) is 0 Å². The maximum Gasteiger partial charge on any atom is 0.390 e. The Morgan fingerprint density at radius 3 is 2.85 bits per heavy atom. The molecule has 0 fully saturated rings. The van der Waals surface area contributed by atoms with E-state index in [2.05, 4.69) is 15.5 Å². The van der Waals surface area contributed by atoms with E-state index in [1.807, 2.05) is 0 Å². The lowest BCUT2D eigenvalue weighted by molar-refractivity contribution is -0.389. The lowest BCUT2D eigenvalue weighted by Gasteiger charge is -2.10. The predicted octanol–water partition coefficient (Wildman–Crippen LogP) is 2.68. The number of nitrogens with zero attached hydrogens (tertiary/aromatic N) is 5. The number of hydrogen-bond donors (Lipinski definition) is 1. The zero-order chi connectivity index (χ0) is 19.6. The topological polar surface area (TPSA) is 108 Å². The maximum absolute atomic E-state index is 13.2. The van der Waals surface area contributed by atoms with Crippen LogP contribution in [0.4, 0.5) is 15.9 Å². The van der Waals surface area contributed by atoms with E-state index in [-0.39, 0.29) is 17.5 Å². The van der Waals surface area contributed by atoms with Gasteiger partial charge in [-0.2, -0.15) is 9.78 Å². The fraction of sp³-hybridized carbons (Fsp3) is 0.235. The summed E-state index contributed by atoms with van der Waals surface area (Å²) >= 11 is 0. The van der Waals surface area contributed by atoms with Crippen LogP contribution in [-0.4, -0.2) is 30.4 Å². The standard InChI is InChI=1S/C17H17FN6O3/c1-11-6-16(24(26)27)21-23(11)12(2)17(25)20-15-8-19-22(10-15)9-13-4-3-5-14(18)7-13/h3-8,10,12H,9H2,1-2H3,(H,20,25). The first-order chi connectivity index (χ1) is 12.8. The molecule has 0 radical (unpaired) electrons. The third-order valence-corrected chi connectivity index (χ3v) is 3.98. The normalized spacial score (nSPS) is 12.0. The number of rotatable bonds is 6. The molecule has 3 rings (SSSR count). The number of hydrogen-bond acceptors (Lipinski definition) is 5. The van der Waals surface area contributed by atoms with Crippen LogP contribution in [0.2, 0.25) is 0 Å². The largest absolute Gasteiger partial charge is 0.390 e. The molecular formula is C17H17FN6O3. The highest BCUT2D eigenvalue weighted by atomic mass is 19.1. The number of aryl methyl sites for hydroxylation is 1. The minimum Gasteiger partial charge on any atom is -0.358 e. The van der Waals surface area contributed by atoms with Crippen LogP contribution in [0.5, 0.6) is 0 Å². The van der Waals surface area contributed by atoms with Gasteiger partial charge in [-0.15, -0.1) is 0 Å². The number of carbonyl (C=O) groups is 1. The van der Waals surface area contributed by atoms with E-state index in [1.54, 1.807) is 36.9 Å². The Labute approximate surface area is 153 Å². The second kappa shape index (κ2) is 7.36. The lowest BCUT2D eigenvalue weighted by Crippen LogP contribution is -2.25. The fourth-order valence-electron chi connectivity index (χ4n) is 2.65. The highest BCUT2D eigenvalue weighted by molar-refractivity contribution is 5.93. The van der Waals surface area contributed by atoms with Gasteiger partial charge in [-0.3, -0.25) is 9.48 Å². The minimum atomic E-state index is -0.745. The van der Waals surface area contributed by atoms with Crippen molar-refractivity contribution in [3.8, 4) is 0 Å². The van der Waals surface area contributed by atoms with E-state index in [9.17, 15) is 19.3 Å². The molecule has 9 nitrogen and oxygen atoms in total. The van der Waals surface area contributed by atoms with E-state index in [0.29, 0.717) is 17.9 Å². The molecular weight excluding hydrogens is 355 g/mol. The van der Waals surface area contributed by atoms with Crippen LogP contribution in [0, 0.1) is 22.9 Å². The van der Waals surface area contributed by atoms with Crippen LogP contribution in [0.3, 0.4) is 0 Å². The van der Waals surface area contributed by atoms with Gasteiger partial charge in [0.1, 0.15) is 11.9 Å². The third kappa shape index (κ3) is 4.17. The number of aromatic nitrogens is 4. The van der Waals surface area contributed by atoms with E-state index < -0.39 is 11.0 Å². The van der Waals surface area contributed by atoms with Gasteiger partial charge in [-0.25, -0.2) is 4.39 Å². The van der Waals surface area contributed by atoms with Crippen LogP contribution in [0.25, 0.3) is 0 Å². The lowest BCUT2D eigenvalue weighted by atomic mass is 10.2. The summed E-state index contributed by atoms with van der Waals surface area (Å²) in [5.74, 6) is -1.03. The van der Waals surface area contributed by atoms with Gasteiger partial charge in [0.05, 0.1) is 35.3 Å². The van der Waals surface area contributed by atoms with Gasteiger partial charge in [-0.05, 0) is 36.5 Å². The third-order valence-electron chi connectivity index (χ3n) is 3.98. The number of benzene rings is 1.